The number of carboxylic acids is 1. The number of likely N-dealkylation sites (N-methyl/N-ethyl adjacent to an activating group) is 2. The second-order valence-electron chi connectivity index (χ2n) is 4.61. The number of rotatable bonds is 6. The fraction of sp³-hybridized carbons (Fsp3) is 0.909. The van der Waals surface area contributed by atoms with Crippen molar-refractivity contribution in [3.63, 3.8) is 0 Å². The van der Waals surface area contributed by atoms with Crippen LogP contribution < -0.4 is 5.32 Å². The molecule has 0 saturated carbocycles. The van der Waals surface area contributed by atoms with Gasteiger partial charge in [0.05, 0.1) is 0 Å². The zero-order chi connectivity index (χ0) is 12.1. The van der Waals surface area contributed by atoms with Crippen molar-refractivity contribution >= 4 is 5.97 Å². The van der Waals surface area contributed by atoms with Gasteiger partial charge in [-0.3, -0.25) is 9.69 Å². The van der Waals surface area contributed by atoms with Crippen molar-refractivity contribution in [1.29, 1.82) is 0 Å². The van der Waals surface area contributed by atoms with Crippen LogP contribution in [0.4, 0.5) is 0 Å². The molecule has 1 aliphatic rings. The number of nitrogens with one attached hydrogen (secondary N) is 1. The lowest BCUT2D eigenvalue weighted by Gasteiger charge is -2.23. The molecule has 0 aromatic rings. The largest absolute Gasteiger partial charge is 0.480 e. The number of hydrogen-bond donors (Lipinski definition) is 2. The molecule has 1 heterocycles. The molecule has 0 amide bonds. The molecule has 0 aliphatic carbocycles. The Morgan fingerprint density at radius 3 is 2.75 bits per heavy atom. The monoisotopic (exact) mass is 229 g/mol. The number of likely N-dealkylation sites (tertiary alicyclic amines) is 1. The Balaban J connectivity index is 2.39. The molecular formula is C11H23N3O2. The van der Waals surface area contributed by atoms with E-state index < -0.39 is 12.0 Å². The van der Waals surface area contributed by atoms with E-state index in [-0.39, 0.29) is 0 Å². The highest BCUT2D eigenvalue weighted by Crippen LogP contribution is 2.13. The first kappa shape index (κ1) is 13.4. The van der Waals surface area contributed by atoms with Gasteiger partial charge in [0.15, 0.2) is 0 Å². The van der Waals surface area contributed by atoms with Crippen molar-refractivity contribution in [2.75, 3.05) is 40.3 Å². The van der Waals surface area contributed by atoms with Crippen molar-refractivity contribution in [2.24, 2.45) is 0 Å². The quantitative estimate of drug-likeness (QED) is 0.654. The van der Waals surface area contributed by atoms with Crippen LogP contribution in [0.25, 0.3) is 0 Å². The van der Waals surface area contributed by atoms with E-state index in [9.17, 15) is 4.79 Å². The lowest BCUT2D eigenvalue weighted by Crippen LogP contribution is -2.46. The lowest BCUT2D eigenvalue weighted by atomic mass is 10.2. The van der Waals surface area contributed by atoms with E-state index in [1.807, 2.05) is 6.92 Å². The Morgan fingerprint density at radius 1 is 1.62 bits per heavy atom. The number of aliphatic carboxylic acids is 1. The molecule has 0 aromatic carbocycles. The van der Waals surface area contributed by atoms with E-state index in [0.29, 0.717) is 19.1 Å². The van der Waals surface area contributed by atoms with Crippen molar-refractivity contribution in [1.82, 2.24) is 15.1 Å². The summed E-state index contributed by atoms with van der Waals surface area (Å²) in [6.45, 7) is 5.21. The molecule has 0 spiro atoms. The lowest BCUT2D eigenvalue weighted by molar-refractivity contribution is -0.139. The molecule has 94 valence electrons. The molecule has 0 bridgehead atoms. The summed E-state index contributed by atoms with van der Waals surface area (Å²) in [6.07, 6.45) is 1.13. The van der Waals surface area contributed by atoms with E-state index in [0.717, 1.165) is 19.5 Å². The Morgan fingerprint density at radius 2 is 2.31 bits per heavy atom. The van der Waals surface area contributed by atoms with Gasteiger partial charge in [0.25, 0.3) is 0 Å². The summed E-state index contributed by atoms with van der Waals surface area (Å²) in [7, 11) is 4.15. The van der Waals surface area contributed by atoms with Crippen molar-refractivity contribution in [2.45, 2.75) is 25.4 Å². The highest BCUT2D eigenvalue weighted by molar-refractivity contribution is 5.73. The standard InChI is InChI=1S/C11H23N3O2/c1-4-12-10(11(15)16)8-14-6-5-9(7-14)13(2)3/h9-10,12H,4-8H2,1-3H3,(H,15,16). The molecule has 16 heavy (non-hydrogen) atoms. The van der Waals surface area contributed by atoms with Gasteiger partial charge in [-0.15, -0.1) is 0 Å². The minimum absolute atomic E-state index is 0.439. The van der Waals surface area contributed by atoms with Gasteiger partial charge in [-0.25, -0.2) is 0 Å². The predicted octanol–water partition coefficient (Wildman–Crippen LogP) is -0.315. The first-order valence-corrected chi connectivity index (χ1v) is 5.89. The minimum atomic E-state index is -0.754. The summed E-state index contributed by atoms with van der Waals surface area (Å²) in [4.78, 5) is 15.4. The summed E-state index contributed by atoms with van der Waals surface area (Å²) in [6, 6.07) is 0.127. The highest BCUT2D eigenvalue weighted by atomic mass is 16.4. The fourth-order valence-electron chi connectivity index (χ4n) is 2.13. The highest BCUT2D eigenvalue weighted by Gasteiger charge is 2.27. The van der Waals surface area contributed by atoms with E-state index in [1.165, 1.54) is 0 Å². The van der Waals surface area contributed by atoms with Gasteiger partial charge in [-0.05, 0) is 33.6 Å². The SMILES string of the molecule is CCNC(CN1CCC(N(C)C)C1)C(=O)O. The van der Waals surface area contributed by atoms with Crippen molar-refractivity contribution in [3.8, 4) is 0 Å². The third-order valence-electron chi connectivity index (χ3n) is 3.17. The second kappa shape index (κ2) is 6.18. The topological polar surface area (TPSA) is 55.8 Å². The fourth-order valence-corrected chi connectivity index (χ4v) is 2.13. The van der Waals surface area contributed by atoms with Crippen LogP contribution in [-0.2, 0) is 4.79 Å². The molecule has 1 aliphatic heterocycles. The summed E-state index contributed by atoms with van der Waals surface area (Å²) in [5.41, 5.74) is 0. The van der Waals surface area contributed by atoms with Gasteiger partial charge < -0.3 is 15.3 Å². The van der Waals surface area contributed by atoms with Crippen LogP contribution in [0.3, 0.4) is 0 Å². The molecule has 2 N–H and O–H groups in total. The number of carboxylic acid groups (broad SMARTS) is 1. The van der Waals surface area contributed by atoms with Crippen LogP contribution in [0.1, 0.15) is 13.3 Å². The molecule has 2 unspecified atom stereocenters. The summed E-state index contributed by atoms with van der Waals surface area (Å²) < 4.78 is 0. The first-order valence-electron chi connectivity index (χ1n) is 5.89. The van der Waals surface area contributed by atoms with Crippen molar-refractivity contribution in [3.05, 3.63) is 0 Å². The third kappa shape index (κ3) is 3.73. The molecule has 0 aromatic heterocycles. The van der Waals surface area contributed by atoms with Crippen molar-refractivity contribution < 1.29 is 9.90 Å². The zero-order valence-corrected chi connectivity index (χ0v) is 10.4. The molecule has 1 fully saturated rings. The first-order chi connectivity index (χ1) is 7.54. The maximum atomic E-state index is 11.0. The van der Waals surface area contributed by atoms with E-state index in [4.69, 9.17) is 5.11 Å². The van der Waals surface area contributed by atoms with E-state index in [1.54, 1.807) is 0 Å². The number of carbonyl (C=O) groups is 1. The maximum Gasteiger partial charge on any atom is 0.322 e. The molecule has 1 rings (SSSR count). The third-order valence-corrected chi connectivity index (χ3v) is 3.17. The summed E-state index contributed by atoms with van der Waals surface area (Å²) in [5.74, 6) is -0.754. The number of hydrogen-bond acceptors (Lipinski definition) is 4. The van der Waals surface area contributed by atoms with Gasteiger partial charge in [-0.1, -0.05) is 6.92 Å². The van der Waals surface area contributed by atoms with Gasteiger partial charge in [0.2, 0.25) is 0 Å². The second-order valence-corrected chi connectivity index (χ2v) is 4.61. The van der Waals surface area contributed by atoms with Gasteiger partial charge in [0, 0.05) is 19.1 Å². The van der Waals surface area contributed by atoms with Crippen LogP contribution in [-0.4, -0.2) is 73.2 Å². The minimum Gasteiger partial charge on any atom is -0.480 e. The molecule has 5 heteroatoms. The Labute approximate surface area is 97.4 Å². The van der Waals surface area contributed by atoms with Crippen LogP contribution in [0.2, 0.25) is 0 Å². The van der Waals surface area contributed by atoms with Crippen LogP contribution in [0.5, 0.6) is 0 Å². The molecule has 0 radical (unpaired) electrons. The predicted molar refractivity (Wildman–Crippen MR) is 63.6 cm³/mol. The Hall–Kier alpha value is -0.650. The average molecular weight is 229 g/mol. The van der Waals surface area contributed by atoms with Crippen LogP contribution >= 0.6 is 0 Å². The summed E-state index contributed by atoms with van der Waals surface area (Å²) >= 11 is 0. The van der Waals surface area contributed by atoms with Gasteiger partial charge >= 0.3 is 5.97 Å². The Kier molecular flexibility index (Phi) is 5.18. The molecular weight excluding hydrogens is 206 g/mol. The maximum absolute atomic E-state index is 11.0. The molecule has 2 atom stereocenters. The Bertz CT molecular complexity index is 233. The summed E-state index contributed by atoms with van der Waals surface area (Å²) in [5, 5.41) is 12.0. The van der Waals surface area contributed by atoms with E-state index in [2.05, 4.69) is 29.2 Å². The van der Waals surface area contributed by atoms with Gasteiger partial charge in [0.1, 0.15) is 6.04 Å². The molecule has 1 saturated heterocycles. The van der Waals surface area contributed by atoms with E-state index >= 15 is 0 Å². The smallest absolute Gasteiger partial charge is 0.322 e. The average Bonchev–Trinajstić information content (AvgIpc) is 2.65. The zero-order valence-electron chi connectivity index (χ0n) is 10.4. The molecule has 5 nitrogen and oxygen atoms in total. The van der Waals surface area contributed by atoms with Crippen LogP contribution in [0.15, 0.2) is 0 Å². The van der Waals surface area contributed by atoms with Crippen LogP contribution in [0, 0.1) is 0 Å². The normalized spacial score (nSPS) is 23.9. The van der Waals surface area contributed by atoms with Gasteiger partial charge in [-0.2, -0.15) is 0 Å². The number of nitrogens with zero attached hydrogens (tertiary/aromatic N) is 2.